The van der Waals surface area contributed by atoms with E-state index in [1.807, 2.05) is 25.3 Å². The SMILES string of the molecule is Cc1c(C(=O)NC2CCN(Cc3ccc(N4CCC(NC(=O)c5ccc(F)c(-c6cccnc6)c5)CC4)nc3)CC2)ccc(Cl)c1-c1cccnc1. The number of nitrogens with zero attached hydrogens (tertiary/aromatic N) is 5. The molecule has 5 heterocycles. The number of amides is 2. The summed E-state index contributed by atoms with van der Waals surface area (Å²) in [6.07, 6.45) is 12.0. The van der Waals surface area contributed by atoms with Crippen molar-refractivity contribution in [1.82, 2.24) is 30.5 Å². The number of anilines is 1. The molecule has 11 heteroatoms. The third-order valence-electron chi connectivity index (χ3n) is 10.1. The fourth-order valence-electron chi connectivity index (χ4n) is 7.18. The molecule has 52 heavy (non-hydrogen) atoms. The van der Waals surface area contributed by atoms with Crippen LogP contribution < -0.4 is 15.5 Å². The predicted molar refractivity (Wildman–Crippen MR) is 202 cm³/mol. The highest BCUT2D eigenvalue weighted by atomic mass is 35.5. The molecule has 3 aromatic heterocycles. The van der Waals surface area contributed by atoms with Crippen molar-refractivity contribution in [2.24, 2.45) is 0 Å². The number of carbonyl (C=O) groups excluding carboxylic acids is 2. The fraction of sp³-hybridized carbons (Fsp3) is 0.293. The van der Waals surface area contributed by atoms with Crippen LogP contribution in [-0.2, 0) is 6.54 Å². The third kappa shape index (κ3) is 8.14. The molecule has 9 nitrogen and oxygen atoms in total. The molecule has 2 aliphatic heterocycles. The molecule has 2 saturated heterocycles. The number of piperidine rings is 2. The summed E-state index contributed by atoms with van der Waals surface area (Å²) < 4.78 is 14.5. The maximum Gasteiger partial charge on any atom is 0.251 e. The number of halogens is 2. The van der Waals surface area contributed by atoms with Crippen molar-refractivity contribution in [3.63, 3.8) is 0 Å². The molecule has 0 radical (unpaired) electrons. The zero-order valence-corrected chi connectivity index (χ0v) is 29.8. The van der Waals surface area contributed by atoms with Gasteiger partial charge in [0.25, 0.3) is 11.8 Å². The van der Waals surface area contributed by atoms with Crippen LogP contribution in [0, 0.1) is 12.7 Å². The number of hydrogen-bond donors (Lipinski definition) is 2. The summed E-state index contributed by atoms with van der Waals surface area (Å²) in [7, 11) is 0. The van der Waals surface area contributed by atoms with Crippen molar-refractivity contribution in [3.05, 3.63) is 131 Å². The Hall–Kier alpha value is -5.19. The summed E-state index contributed by atoms with van der Waals surface area (Å²) in [5.41, 5.74) is 5.78. The Morgan fingerprint density at radius 1 is 0.808 bits per heavy atom. The van der Waals surface area contributed by atoms with Gasteiger partial charge in [0.1, 0.15) is 11.6 Å². The summed E-state index contributed by atoms with van der Waals surface area (Å²) in [6, 6.07) is 19.7. The molecule has 0 unspecified atom stereocenters. The van der Waals surface area contributed by atoms with Crippen LogP contribution in [0.1, 0.15) is 57.5 Å². The summed E-state index contributed by atoms with van der Waals surface area (Å²) in [4.78, 5) is 44.1. The Balaban J connectivity index is 0.861. The minimum absolute atomic E-state index is 0.0298. The lowest BCUT2D eigenvalue weighted by atomic mass is 9.96. The molecule has 0 spiro atoms. The molecule has 2 N–H and O–H groups in total. The Morgan fingerprint density at radius 3 is 2.13 bits per heavy atom. The molecule has 2 amide bonds. The molecular weight excluding hydrogens is 677 g/mol. The second kappa shape index (κ2) is 16.0. The van der Waals surface area contributed by atoms with E-state index < -0.39 is 0 Å². The smallest absolute Gasteiger partial charge is 0.251 e. The Labute approximate surface area is 308 Å². The van der Waals surface area contributed by atoms with Gasteiger partial charge in [-0.2, -0.15) is 0 Å². The number of rotatable bonds is 9. The first kappa shape index (κ1) is 35.2. The molecule has 7 rings (SSSR count). The van der Waals surface area contributed by atoms with E-state index in [1.54, 1.807) is 55.1 Å². The van der Waals surface area contributed by atoms with Gasteiger partial charge in [-0.25, -0.2) is 9.37 Å². The molecule has 5 aromatic rings. The molecule has 0 saturated carbocycles. The average molecular weight is 718 g/mol. The maximum atomic E-state index is 14.5. The molecule has 2 aliphatic rings. The number of likely N-dealkylation sites (tertiary alicyclic amines) is 1. The van der Waals surface area contributed by atoms with Crippen LogP contribution in [0.3, 0.4) is 0 Å². The lowest BCUT2D eigenvalue weighted by Gasteiger charge is -2.34. The van der Waals surface area contributed by atoms with Crippen LogP contribution >= 0.6 is 11.6 Å². The summed E-state index contributed by atoms with van der Waals surface area (Å²) in [5, 5.41) is 6.99. The summed E-state index contributed by atoms with van der Waals surface area (Å²) in [5.74, 6) is 0.263. The first-order valence-corrected chi connectivity index (χ1v) is 18.1. The van der Waals surface area contributed by atoms with Gasteiger partial charge in [0.05, 0.1) is 0 Å². The Kier molecular flexibility index (Phi) is 10.8. The van der Waals surface area contributed by atoms with E-state index in [0.29, 0.717) is 27.3 Å². The molecular formula is C41H41ClFN7O2. The van der Waals surface area contributed by atoms with Gasteiger partial charge in [-0.1, -0.05) is 29.8 Å². The standard InChI is InChI=1S/C41H41ClFN7O2/c1-27-34(8-9-36(42)39(27)31-5-3-17-45-25-31)41(52)48-32-12-18-49(19-13-32)26-28-6-11-38(46-23-28)50-20-14-33(15-21-50)47-40(51)29-7-10-37(43)35(22-29)30-4-2-16-44-24-30/h2-11,16-17,22-25,32-33H,12-15,18-21,26H2,1H3,(H,47,51)(H,48,52). The lowest BCUT2D eigenvalue weighted by molar-refractivity contribution is 0.0905. The molecule has 0 bridgehead atoms. The highest BCUT2D eigenvalue weighted by Crippen LogP contribution is 2.33. The molecule has 266 valence electrons. The van der Waals surface area contributed by atoms with E-state index in [0.717, 1.165) is 86.5 Å². The quantitative estimate of drug-likeness (QED) is 0.168. The number of carbonyl (C=O) groups is 2. The topological polar surface area (TPSA) is 103 Å². The number of pyridine rings is 3. The number of benzene rings is 2. The fourth-order valence-corrected chi connectivity index (χ4v) is 7.49. The zero-order valence-electron chi connectivity index (χ0n) is 29.1. The van der Waals surface area contributed by atoms with Gasteiger partial charge in [0, 0.05) is 114 Å². The normalized spacial score (nSPS) is 15.7. The van der Waals surface area contributed by atoms with E-state index >= 15 is 0 Å². The van der Waals surface area contributed by atoms with Crippen molar-refractivity contribution in [2.75, 3.05) is 31.1 Å². The van der Waals surface area contributed by atoms with Crippen molar-refractivity contribution in [3.8, 4) is 22.3 Å². The summed E-state index contributed by atoms with van der Waals surface area (Å²) in [6.45, 7) is 6.07. The van der Waals surface area contributed by atoms with Crippen molar-refractivity contribution in [1.29, 1.82) is 0 Å². The minimum atomic E-state index is -0.385. The van der Waals surface area contributed by atoms with Gasteiger partial charge in [-0.3, -0.25) is 24.5 Å². The van der Waals surface area contributed by atoms with E-state index in [2.05, 4.69) is 42.5 Å². The number of nitrogens with one attached hydrogen (secondary N) is 2. The highest BCUT2D eigenvalue weighted by molar-refractivity contribution is 6.33. The van der Waals surface area contributed by atoms with Gasteiger partial charge in [-0.15, -0.1) is 0 Å². The van der Waals surface area contributed by atoms with E-state index in [4.69, 9.17) is 16.6 Å². The molecule has 0 aliphatic carbocycles. The predicted octanol–water partition coefficient (Wildman–Crippen LogP) is 7.10. The van der Waals surface area contributed by atoms with Crippen molar-refractivity contribution in [2.45, 2.75) is 51.2 Å². The maximum absolute atomic E-state index is 14.5. The number of hydrogen-bond acceptors (Lipinski definition) is 7. The van der Waals surface area contributed by atoms with Crippen molar-refractivity contribution < 1.29 is 14.0 Å². The first-order valence-electron chi connectivity index (χ1n) is 17.8. The van der Waals surface area contributed by atoms with Crippen molar-refractivity contribution >= 4 is 29.2 Å². The van der Waals surface area contributed by atoms with Gasteiger partial charge in [0.15, 0.2) is 0 Å². The third-order valence-corrected chi connectivity index (χ3v) is 10.4. The lowest BCUT2D eigenvalue weighted by Crippen LogP contribution is -2.45. The van der Waals surface area contributed by atoms with Crippen LogP contribution in [0.5, 0.6) is 0 Å². The largest absolute Gasteiger partial charge is 0.356 e. The van der Waals surface area contributed by atoms with Crippen LogP contribution in [-0.4, -0.2) is 69.9 Å². The second-order valence-corrected chi connectivity index (χ2v) is 14.0. The monoisotopic (exact) mass is 717 g/mol. The number of aromatic nitrogens is 3. The van der Waals surface area contributed by atoms with Crippen LogP contribution in [0.25, 0.3) is 22.3 Å². The second-order valence-electron chi connectivity index (χ2n) is 13.6. The Morgan fingerprint density at radius 2 is 1.48 bits per heavy atom. The summed E-state index contributed by atoms with van der Waals surface area (Å²) >= 11 is 6.53. The van der Waals surface area contributed by atoms with Gasteiger partial charge in [-0.05, 0) is 92.3 Å². The average Bonchev–Trinajstić information content (AvgIpc) is 3.17. The first-order chi connectivity index (χ1) is 25.3. The van der Waals surface area contributed by atoms with Gasteiger partial charge >= 0.3 is 0 Å². The van der Waals surface area contributed by atoms with E-state index in [-0.39, 0.29) is 29.7 Å². The van der Waals surface area contributed by atoms with Crippen LogP contribution in [0.2, 0.25) is 5.02 Å². The zero-order chi connectivity index (χ0) is 36.0. The van der Waals surface area contributed by atoms with Crippen LogP contribution in [0.15, 0.2) is 97.7 Å². The molecule has 2 fully saturated rings. The van der Waals surface area contributed by atoms with E-state index in [9.17, 15) is 14.0 Å². The van der Waals surface area contributed by atoms with Crippen LogP contribution in [0.4, 0.5) is 10.2 Å². The van der Waals surface area contributed by atoms with Gasteiger partial charge in [0.2, 0.25) is 0 Å². The molecule has 0 atom stereocenters. The minimum Gasteiger partial charge on any atom is -0.356 e. The van der Waals surface area contributed by atoms with E-state index in [1.165, 1.54) is 12.1 Å². The Bertz CT molecular complexity index is 2020. The van der Waals surface area contributed by atoms with Gasteiger partial charge < -0.3 is 15.5 Å². The molecule has 2 aromatic carbocycles. The highest BCUT2D eigenvalue weighted by Gasteiger charge is 2.25.